The molecule has 0 spiro atoms. The summed E-state index contributed by atoms with van der Waals surface area (Å²) in [5.41, 5.74) is 0.676. The van der Waals surface area contributed by atoms with Gasteiger partial charge in [0.15, 0.2) is 6.10 Å². The van der Waals surface area contributed by atoms with Gasteiger partial charge in [0.25, 0.3) is 5.91 Å². The van der Waals surface area contributed by atoms with Gasteiger partial charge in [-0.05, 0) is 5.56 Å². The van der Waals surface area contributed by atoms with Crippen LogP contribution in [0.15, 0.2) is 53.6 Å². The van der Waals surface area contributed by atoms with Crippen LogP contribution in [0.5, 0.6) is 0 Å². The summed E-state index contributed by atoms with van der Waals surface area (Å²) in [5.74, 6) is -0.384. The third-order valence-electron chi connectivity index (χ3n) is 2.66. The van der Waals surface area contributed by atoms with Gasteiger partial charge in [-0.1, -0.05) is 30.3 Å². The van der Waals surface area contributed by atoms with Gasteiger partial charge in [-0.2, -0.15) is 0 Å². The predicted octanol–water partition coefficient (Wildman–Crippen LogP) is 1.70. The van der Waals surface area contributed by atoms with Crippen molar-refractivity contribution in [1.82, 2.24) is 4.98 Å². The molecule has 98 valence electrons. The summed E-state index contributed by atoms with van der Waals surface area (Å²) in [7, 11) is 1.45. The molecule has 19 heavy (non-hydrogen) atoms. The molecule has 0 saturated carbocycles. The zero-order chi connectivity index (χ0) is 13.7. The summed E-state index contributed by atoms with van der Waals surface area (Å²) < 4.78 is 5.19. The van der Waals surface area contributed by atoms with Gasteiger partial charge >= 0.3 is 0 Å². The molecule has 2 aromatic rings. The van der Waals surface area contributed by atoms with E-state index >= 15 is 0 Å². The van der Waals surface area contributed by atoms with Crippen LogP contribution in [0.25, 0.3) is 0 Å². The Bertz CT molecular complexity index is 607. The molecule has 0 fully saturated rings. The van der Waals surface area contributed by atoms with Gasteiger partial charge in [0.1, 0.15) is 5.69 Å². The highest BCUT2D eigenvalue weighted by molar-refractivity contribution is 5.94. The maximum absolute atomic E-state index is 12.1. The number of H-pyrrole nitrogens is 1. The van der Waals surface area contributed by atoms with Crippen LogP contribution in [0.4, 0.5) is 5.69 Å². The van der Waals surface area contributed by atoms with Gasteiger partial charge in [0.2, 0.25) is 5.43 Å². The SMILES string of the molecule is COC(C(=O)Nc1c[nH]ccc1=O)c1ccccc1. The molecule has 2 N–H and O–H groups in total. The number of amides is 1. The van der Waals surface area contributed by atoms with Crippen molar-refractivity contribution in [3.63, 3.8) is 0 Å². The average molecular weight is 258 g/mol. The van der Waals surface area contributed by atoms with E-state index in [1.165, 1.54) is 25.6 Å². The molecular weight excluding hydrogens is 244 g/mol. The number of hydrogen-bond acceptors (Lipinski definition) is 3. The van der Waals surface area contributed by atoms with Crippen LogP contribution in [-0.2, 0) is 9.53 Å². The number of aromatic nitrogens is 1. The van der Waals surface area contributed by atoms with Crippen LogP contribution in [0.3, 0.4) is 0 Å². The van der Waals surface area contributed by atoms with Gasteiger partial charge in [0, 0.05) is 25.6 Å². The fraction of sp³-hybridized carbons (Fsp3) is 0.143. The Morgan fingerprint density at radius 3 is 2.63 bits per heavy atom. The highest BCUT2D eigenvalue weighted by Gasteiger charge is 2.20. The molecule has 1 unspecified atom stereocenters. The van der Waals surface area contributed by atoms with Crippen molar-refractivity contribution < 1.29 is 9.53 Å². The van der Waals surface area contributed by atoms with E-state index in [0.717, 1.165) is 5.56 Å². The van der Waals surface area contributed by atoms with Crippen LogP contribution in [0, 0.1) is 0 Å². The van der Waals surface area contributed by atoms with Crippen molar-refractivity contribution in [1.29, 1.82) is 0 Å². The minimum atomic E-state index is -0.749. The molecule has 5 nitrogen and oxygen atoms in total. The second-order valence-electron chi connectivity index (χ2n) is 3.94. The van der Waals surface area contributed by atoms with Crippen LogP contribution in [0.2, 0.25) is 0 Å². The second kappa shape index (κ2) is 5.97. The van der Waals surface area contributed by atoms with Gasteiger partial charge in [-0.25, -0.2) is 0 Å². The Balaban J connectivity index is 2.19. The number of rotatable bonds is 4. The largest absolute Gasteiger partial charge is 0.367 e. The van der Waals surface area contributed by atoms with E-state index in [-0.39, 0.29) is 17.0 Å². The number of carbonyl (C=O) groups is 1. The second-order valence-corrected chi connectivity index (χ2v) is 3.94. The Kier molecular flexibility index (Phi) is 4.10. The molecule has 0 aliphatic carbocycles. The van der Waals surface area contributed by atoms with Crippen LogP contribution in [0.1, 0.15) is 11.7 Å². The summed E-state index contributed by atoms with van der Waals surface area (Å²) in [6.07, 6.45) is 2.20. The number of aromatic amines is 1. The summed E-state index contributed by atoms with van der Waals surface area (Å²) >= 11 is 0. The third-order valence-corrected chi connectivity index (χ3v) is 2.66. The molecule has 0 bridgehead atoms. The van der Waals surface area contributed by atoms with E-state index in [1.807, 2.05) is 18.2 Å². The van der Waals surface area contributed by atoms with Crippen LogP contribution in [-0.4, -0.2) is 18.0 Å². The fourth-order valence-electron chi connectivity index (χ4n) is 1.73. The van der Waals surface area contributed by atoms with Crippen molar-refractivity contribution in [3.05, 3.63) is 64.6 Å². The highest BCUT2D eigenvalue weighted by atomic mass is 16.5. The molecular formula is C14H14N2O3. The lowest BCUT2D eigenvalue weighted by molar-refractivity contribution is -0.126. The first-order chi connectivity index (χ1) is 9.22. The van der Waals surface area contributed by atoms with Crippen molar-refractivity contribution in [2.45, 2.75) is 6.10 Å². The smallest absolute Gasteiger partial charge is 0.258 e. The van der Waals surface area contributed by atoms with E-state index in [4.69, 9.17) is 4.74 Å². The van der Waals surface area contributed by atoms with Crippen LogP contribution < -0.4 is 10.7 Å². The minimum absolute atomic E-state index is 0.200. The van der Waals surface area contributed by atoms with Gasteiger partial charge in [-0.15, -0.1) is 0 Å². The topological polar surface area (TPSA) is 71.2 Å². The van der Waals surface area contributed by atoms with Gasteiger partial charge in [0.05, 0.1) is 0 Å². The van der Waals surface area contributed by atoms with Crippen molar-refractivity contribution in [3.8, 4) is 0 Å². The van der Waals surface area contributed by atoms with Gasteiger partial charge < -0.3 is 15.0 Å². The molecule has 1 heterocycles. The maximum Gasteiger partial charge on any atom is 0.258 e. The van der Waals surface area contributed by atoms with E-state index in [2.05, 4.69) is 10.3 Å². The lowest BCUT2D eigenvalue weighted by Crippen LogP contribution is -2.25. The first kappa shape index (κ1) is 13.0. The molecule has 0 saturated heterocycles. The Morgan fingerprint density at radius 1 is 1.26 bits per heavy atom. The average Bonchev–Trinajstić information content (AvgIpc) is 2.43. The Morgan fingerprint density at radius 2 is 2.00 bits per heavy atom. The fourth-order valence-corrected chi connectivity index (χ4v) is 1.73. The number of carbonyl (C=O) groups excluding carboxylic acids is 1. The minimum Gasteiger partial charge on any atom is -0.367 e. The quantitative estimate of drug-likeness (QED) is 0.876. The van der Waals surface area contributed by atoms with Crippen molar-refractivity contribution in [2.75, 3.05) is 12.4 Å². The Hall–Kier alpha value is -2.40. The molecule has 1 aromatic heterocycles. The molecule has 0 aliphatic heterocycles. The number of nitrogens with one attached hydrogen (secondary N) is 2. The maximum atomic E-state index is 12.1. The molecule has 0 radical (unpaired) electrons. The molecule has 5 heteroatoms. The van der Waals surface area contributed by atoms with Crippen LogP contribution >= 0.6 is 0 Å². The molecule has 0 aliphatic rings. The number of hydrogen-bond donors (Lipinski definition) is 2. The number of anilines is 1. The monoisotopic (exact) mass is 258 g/mol. The highest BCUT2D eigenvalue weighted by Crippen LogP contribution is 2.17. The molecule has 1 amide bonds. The first-order valence-electron chi connectivity index (χ1n) is 5.78. The van der Waals surface area contributed by atoms with E-state index in [0.29, 0.717) is 0 Å². The van der Waals surface area contributed by atoms with E-state index in [9.17, 15) is 9.59 Å². The lowest BCUT2D eigenvalue weighted by Gasteiger charge is -2.15. The zero-order valence-corrected chi connectivity index (χ0v) is 10.4. The molecule has 1 aromatic carbocycles. The standard InChI is InChI=1S/C14H14N2O3/c1-19-13(10-5-3-2-4-6-10)14(18)16-11-9-15-8-7-12(11)17/h2-9,13H,1H3,(H,15,17)(H,16,18). The summed E-state index contributed by atoms with van der Waals surface area (Å²) in [6, 6.07) is 10.4. The molecule has 1 atom stereocenters. The lowest BCUT2D eigenvalue weighted by atomic mass is 10.1. The zero-order valence-electron chi connectivity index (χ0n) is 10.4. The molecule has 2 rings (SSSR count). The first-order valence-corrected chi connectivity index (χ1v) is 5.78. The van der Waals surface area contributed by atoms with Crippen molar-refractivity contribution in [2.24, 2.45) is 0 Å². The number of benzene rings is 1. The number of methoxy groups -OCH3 is 1. The number of ether oxygens (including phenoxy) is 1. The predicted molar refractivity (Wildman–Crippen MR) is 71.9 cm³/mol. The Labute approximate surface area is 110 Å². The number of pyridine rings is 1. The van der Waals surface area contributed by atoms with Crippen molar-refractivity contribution >= 4 is 11.6 Å². The summed E-state index contributed by atoms with van der Waals surface area (Å²) in [5, 5.41) is 2.55. The van der Waals surface area contributed by atoms with Gasteiger partial charge in [-0.3, -0.25) is 9.59 Å². The summed E-state index contributed by atoms with van der Waals surface area (Å²) in [4.78, 5) is 26.4. The third kappa shape index (κ3) is 3.08. The van der Waals surface area contributed by atoms with E-state index in [1.54, 1.807) is 12.1 Å². The normalized spacial score (nSPS) is 11.8. The van der Waals surface area contributed by atoms with E-state index < -0.39 is 6.10 Å². The summed E-state index contributed by atoms with van der Waals surface area (Å²) in [6.45, 7) is 0.